The van der Waals surface area contributed by atoms with Crippen molar-refractivity contribution in [1.82, 2.24) is 0 Å². The van der Waals surface area contributed by atoms with E-state index < -0.39 is 4.92 Å². The van der Waals surface area contributed by atoms with Crippen LogP contribution < -0.4 is 4.74 Å². The van der Waals surface area contributed by atoms with Gasteiger partial charge in [0.25, 0.3) is 0 Å². The summed E-state index contributed by atoms with van der Waals surface area (Å²) in [6, 6.07) is 14.4. The molecule has 4 heteroatoms. The van der Waals surface area contributed by atoms with Crippen LogP contribution in [0.5, 0.6) is 11.5 Å². The normalized spacial score (nSPS) is 15.5. The van der Waals surface area contributed by atoms with E-state index in [1.54, 1.807) is 18.2 Å². The van der Waals surface area contributed by atoms with Crippen LogP contribution in [-0.2, 0) is 0 Å². The molecule has 0 radical (unpaired) electrons. The predicted molar refractivity (Wildman–Crippen MR) is 85.4 cm³/mol. The van der Waals surface area contributed by atoms with Crippen molar-refractivity contribution in [2.75, 3.05) is 0 Å². The first kappa shape index (κ1) is 14.6. The third-order valence-corrected chi connectivity index (χ3v) is 4.25. The summed E-state index contributed by atoms with van der Waals surface area (Å²) >= 11 is 0. The van der Waals surface area contributed by atoms with Crippen molar-refractivity contribution in [2.24, 2.45) is 0 Å². The molecule has 2 aromatic rings. The SMILES string of the molecule is O=[N+]([O-])c1ccccc1Oc1ccccc1C1CCCCC1. The Morgan fingerprint density at radius 3 is 2.27 bits per heavy atom. The monoisotopic (exact) mass is 297 g/mol. The van der Waals surface area contributed by atoms with Gasteiger partial charge in [-0.2, -0.15) is 0 Å². The molecule has 0 aliphatic heterocycles. The highest BCUT2D eigenvalue weighted by Crippen LogP contribution is 2.40. The molecule has 2 aromatic carbocycles. The third kappa shape index (κ3) is 3.11. The number of benzene rings is 2. The highest BCUT2D eigenvalue weighted by atomic mass is 16.6. The second-order valence-electron chi connectivity index (χ2n) is 5.70. The van der Waals surface area contributed by atoms with Gasteiger partial charge >= 0.3 is 5.69 Å². The van der Waals surface area contributed by atoms with Gasteiger partial charge < -0.3 is 4.74 Å². The fraction of sp³-hybridized carbons (Fsp3) is 0.333. The van der Waals surface area contributed by atoms with Gasteiger partial charge in [0.2, 0.25) is 5.75 Å². The van der Waals surface area contributed by atoms with E-state index in [1.165, 1.54) is 30.9 Å². The number of rotatable bonds is 4. The van der Waals surface area contributed by atoms with E-state index in [4.69, 9.17) is 4.74 Å². The molecule has 0 saturated heterocycles. The molecular weight excluding hydrogens is 278 g/mol. The number of ether oxygens (including phenoxy) is 1. The second kappa shape index (κ2) is 6.60. The molecule has 0 unspecified atom stereocenters. The summed E-state index contributed by atoms with van der Waals surface area (Å²) in [6.45, 7) is 0. The number of para-hydroxylation sites is 3. The molecular formula is C18H19NO3. The first-order chi connectivity index (χ1) is 10.8. The predicted octanol–water partition coefficient (Wildman–Crippen LogP) is 5.43. The van der Waals surface area contributed by atoms with Crippen molar-refractivity contribution in [3.05, 3.63) is 64.2 Å². The molecule has 3 rings (SSSR count). The van der Waals surface area contributed by atoms with E-state index in [9.17, 15) is 10.1 Å². The molecule has 0 heterocycles. The van der Waals surface area contributed by atoms with Gasteiger partial charge in [-0.3, -0.25) is 10.1 Å². The van der Waals surface area contributed by atoms with E-state index in [1.807, 2.05) is 18.2 Å². The molecule has 1 aliphatic rings. The summed E-state index contributed by atoms with van der Waals surface area (Å²) in [6.07, 6.45) is 6.10. The number of nitro groups is 1. The van der Waals surface area contributed by atoms with Crippen LogP contribution in [-0.4, -0.2) is 4.92 Å². The van der Waals surface area contributed by atoms with Crippen LogP contribution in [0.2, 0.25) is 0 Å². The van der Waals surface area contributed by atoms with Crippen LogP contribution in [0.1, 0.15) is 43.6 Å². The summed E-state index contributed by atoms with van der Waals surface area (Å²) in [5.74, 6) is 1.53. The zero-order chi connectivity index (χ0) is 15.4. The third-order valence-electron chi connectivity index (χ3n) is 4.25. The van der Waals surface area contributed by atoms with Crippen molar-refractivity contribution < 1.29 is 9.66 Å². The Hall–Kier alpha value is -2.36. The minimum Gasteiger partial charge on any atom is -0.450 e. The molecule has 22 heavy (non-hydrogen) atoms. The Kier molecular flexibility index (Phi) is 4.37. The zero-order valence-corrected chi connectivity index (χ0v) is 12.4. The molecule has 1 saturated carbocycles. The Balaban J connectivity index is 1.91. The maximum absolute atomic E-state index is 11.1. The molecule has 0 atom stereocenters. The van der Waals surface area contributed by atoms with Gasteiger partial charge in [0, 0.05) is 6.07 Å². The highest BCUT2D eigenvalue weighted by molar-refractivity contribution is 5.49. The van der Waals surface area contributed by atoms with Crippen molar-refractivity contribution in [3.8, 4) is 11.5 Å². The van der Waals surface area contributed by atoms with Gasteiger partial charge in [0.15, 0.2) is 0 Å². The minimum absolute atomic E-state index is 0.000877. The molecule has 0 aromatic heterocycles. The molecule has 0 amide bonds. The van der Waals surface area contributed by atoms with Crippen LogP contribution in [0.15, 0.2) is 48.5 Å². The quantitative estimate of drug-likeness (QED) is 0.558. The number of hydrogen-bond acceptors (Lipinski definition) is 3. The number of hydrogen-bond donors (Lipinski definition) is 0. The smallest absolute Gasteiger partial charge is 0.311 e. The van der Waals surface area contributed by atoms with Crippen molar-refractivity contribution in [1.29, 1.82) is 0 Å². The molecule has 4 nitrogen and oxygen atoms in total. The zero-order valence-electron chi connectivity index (χ0n) is 12.4. The van der Waals surface area contributed by atoms with Crippen molar-refractivity contribution in [3.63, 3.8) is 0 Å². The van der Waals surface area contributed by atoms with Crippen LogP contribution >= 0.6 is 0 Å². The van der Waals surface area contributed by atoms with Crippen LogP contribution in [0.4, 0.5) is 5.69 Å². The number of nitro benzene ring substituents is 1. The van der Waals surface area contributed by atoms with E-state index in [0.717, 1.165) is 18.6 Å². The fourth-order valence-electron chi connectivity index (χ4n) is 3.14. The van der Waals surface area contributed by atoms with Gasteiger partial charge in [-0.15, -0.1) is 0 Å². The molecule has 0 N–H and O–H groups in total. The first-order valence-corrected chi connectivity index (χ1v) is 7.76. The van der Waals surface area contributed by atoms with E-state index in [0.29, 0.717) is 11.7 Å². The van der Waals surface area contributed by atoms with Gasteiger partial charge in [-0.05, 0) is 36.5 Å². The van der Waals surface area contributed by atoms with Gasteiger partial charge in [-0.1, -0.05) is 49.6 Å². The Morgan fingerprint density at radius 1 is 0.909 bits per heavy atom. The van der Waals surface area contributed by atoms with Crippen LogP contribution in [0, 0.1) is 10.1 Å². The lowest BCUT2D eigenvalue weighted by Gasteiger charge is -2.24. The summed E-state index contributed by atoms with van der Waals surface area (Å²) < 4.78 is 5.91. The largest absolute Gasteiger partial charge is 0.450 e. The van der Waals surface area contributed by atoms with Crippen molar-refractivity contribution >= 4 is 5.69 Å². The van der Waals surface area contributed by atoms with Crippen LogP contribution in [0.25, 0.3) is 0 Å². The van der Waals surface area contributed by atoms with Crippen LogP contribution in [0.3, 0.4) is 0 Å². The summed E-state index contributed by atoms with van der Waals surface area (Å²) in [4.78, 5) is 10.7. The lowest BCUT2D eigenvalue weighted by atomic mass is 9.84. The maximum atomic E-state index is 11.1. The standard InChI is InChI=1S/C18H19NO3/c20-19(21)16-11-5-7-13-18(16)22-17-12-6-4-10-15(17)14-8-2-1-3-9-14/h4-7,10-14H,1-3,8-9H2. The topological polar surface area (TPSA) is 52.4 Å². The second-order valence-corrected chi connectivity index (χ2v) is 5.70. The summed E-state index contributed by atoms with van der Waals surface area (Å²) in [7, 11) is 0. The Labute approximate surface area is 129 Å². The molecule has 114 valence electrons. The maximum Gasteiger partial charge on any atom is 0.311 e. The lowest BCUT2D eigenvalue weighted by molar-refractivity contribution is -0.385. The summed E-state index contributed by atoms with van der Waals surface area (Å²) in [5.41, 5.74) is 1.17. The van der Waals surface area contributed by atoms with Crippen molar-refractivity contribution in [2.45, 2.75) is 38.0 Å². The van der Waals surface area contributed by atoms with Gasteiger partial charge in [0.05, 0.1) is 4.92 Å². The minimum atomic E-state index is -0.404. The van der Waals surface area contributed by atoms with E-state index in [2.05, 4.69) is 6.07 Å². The Bertz CT molecular complexity index is 663. The highest BCUT2D eigenvalue weighted by Gasteiger charge is 2.21. The molecule has 0 bridgehead atoms. The number of nitrogens with zero attached hydrogens (tertiary/aromatic N) is 1. The average Bonchev–Trinajstić information content (AvgIpc) is 2.56. The summed E-state index contributed by atoms with van der Waals surface area (Å²) in [5, 5.41) is 11.1. The lowest BCUT2D eigenvalue weighted by Crippen LogP contribution is -2.06. The van der Waals surface area contributed by atoms with Gasteiger partial charge in [-0.25, -0.2) is 0 Å². The molecule has 1 aliphatic carbocycles. The average molecular weight is 297 g/mol. The van der Waals surface area contributed by atoms with Gasteiger partial charge in [0.1, 0.15) is 5.75 Å². The fourth-order valence-corrected chi connectivity index (χ4v) is 3.14. The first-order valence-electron chi connectivity index (χ1n) is 7.76. The Morgan fingerprint density at radius 2 is 1.55 bits per heavy atom. The van der Waals surface area contributed by atoms with E-state index >= 15 is 0 Å². The molecule has 0 spiro atoms. The van der Waals surface area contributed by atoms with E-state index in [-0.39, 0.29) is 5.69 Å². The molecule has 1 fully saturated rings.